The fourth-order valence-electron chi connectivity index (χ4n) is 1.35. The maximum Gasteiger partial charge on any atom is 0.141 e. The summed E-state index contributed by atoms with van der Waals surface area (Å²) in [6, 6.07) is 3.72. The molecule has 0 radical (unpaired) electrons. The minimum absolute atomic E-state index is 0.496. The third-order valence-electron chi connectivity index (χ3n) is 2.16. The van der Waals surface area contributed by atoms with Gasteiger partial charge in [-0.2, -0.15) is 0 Å². The number of nitrogens with zero attached hydrogens (tertiary/aromatic N) is 2. The third kappa shape index (κ3) is 3.69. The van der Waals surface area contributed by atoms with E-state index in [1.807, 2.05) is 19.2 Å². The van der Waals surface area contributed by atoms with Crippen LogP contribution in [0.2, 0.25) is 0 Å². The minimum atomic E-state index is 0.496. The van der Waals surface area contributed by atoms with Gasteiger partial charge < -0.3 is 15.8 Å². The number of hydrazine groups is 1. The summed E-state index contributed by atoms with van der Waals surface area (Å²) >= 11 is 1.37. The van der Waals surface area contributed by atoms with Crippen LogP contribution in [0.1, 0.15) is 5.69 Å². The SMILES string of the molecule is CNSNc1ccc(/C(N)=C(\NC)N(C)N)nc1. The van der Waals surface area contributed by atoms with Gasteiger partial charge in [-0.15, -0.1) is 0 Å². The molecule has 7 nitrogen and oxygen atoms in total. The van der Waals surface area contributed by atoms with Crippen LogP contribution in [0.5, 0.6) is 0 Å². The first-order valence-electron chi connectivity index (χ1n) is 5.31. The monoisotopic (exact) mass is 269 g/mol. The summed E-state index contributed by atoms with van der Waals surface area (Å²) < 4.78 is 5.97. The van der Waals surface area contributed by atoms with Gasteiger partial charge in [-0.25, -0.2) is 10.6 Å². The zero-order chi connectivity index (χ0) is 13.5. The Morgan fingerprint density at radius 3 is 2.56 bits per heavy atom. The van der Waals surface area contributed by atoms with Crippen LogP contribution in [0.3, 0.4) is 0 Å². The molecule has 0 amide bonds. The molecule has 0 aliphatic rings. The van der Waals surface area contributed by atoms with Gasteiger partial charge in [0.1, 0.15) is 5.82 Å². The first-order valence-corrected chi connectivity index (χ1v) is 6.12. The number of anilines is 1. The fraction of sp³-hybridized carbons (Fsp3) is 0.300. The molecule has 0 spiro atoms. The Hall–Kier alpha value is -1.64. The Labute approximate surface area is 111 Å². The Bertz CT molecular complexity index is 401. The van der Waals surface area contributed by atoms with Crippen LogP contribution in [-0.2, 0) is 0 Å². The van der Waals surface area contributed by atoms with Crippen LogP contribution in [0.15, 0.2) is 24.2 Å². The van der Waals surface area contributed by atoms with Crippen LogP contribution in [-0.4, -0.2) is 31.1 Å². The first-order chi connectivity index (χ1) is 8.60. The van der Waals surface area contributed by atoms with E-state index in [1.165, 1.54) is 17.1 Å². The number of nitrogens with one attached hydrogen (secondary N) is 3. The molecule has 0 aliphatic heterocycles. The van der Waals surface area contributed by atoms with Gasteiger partial charge in [-0.05, 0) is 19.2 Å². The van der Waals surface area contributed by atoms with Crippen molar-refractivity contribution in [1.29, 1.82) is 0 Å². The molecule has 7 N–H and O–H groups in total. The number of rotatable bonds is 6. The van der Waals surface area contributed by atoms with Crippen molar-refractivity contribution in [2.75, 3.05) is 25.9 Å². The summed E-state index contributed by atoms with van der Waals surface area (Å²) in [4.78, 5) is 4.27. The minimum Gasteiger partial charge on any atom is -0.394 e. The number of pyridine rings is 1. The molecule has 1 aromatic heterocycles. The molecule has 1 heterocycles. The molecular formula is C10H19N7S. The zero-order valence-corrected chi connectivity index (χ0v) is 11.5. The van der Waals surface area contributed by atoms with Gasteiger partial charge in [0.2, 0.25) is 0 Å². The van der Waals surface area contributed by atoms with Crippen LogP contribution in [0, 0.1) is 0 Å². The van der Waals surface area contributed by atoms with Crippen molar-refractivity contribution >= 4 is 23.5 Å². The molecule has 0 aromatic carbocycles. The second-order valence-corrected chi connectivity index (χ2v) is 4.28. The van der Waals surface area contributed by atoms with E-state index < -0.39 is 0 Å². The number of nitrogens with two attached hydrogens (primary N) is 2. The van der Waals surface area contributed by atoms with Crippen molar-refractivity contribution in [2.24, 2.45) is 11.6 Å². The lowest BCUT2D eigenvalue weighted by Crippen LogP contribution is -2.34. The zero-order valence-electron chi connectivity index (χ0n) is 10.7. The van der Waals surface area contributed by atoms with Gasteiger partial charge >= 0.3 is 0 Å². The van der Waals surface area contributed by atoms with Crippen LogP contribution in [0.25, 0.3) is 5.70 Å². The molecule has 8 heteroatoms. The van der Waals surface area contributed by atoms with Crippen LogP contribution >= 0.6 is 12.1 Å². The number of hydrogen-bond donors (Lipinski definition) is 5. The van der Waals surface area contributed by atoms with E-state index in [2.05, 4.69) is 19.7 Å². The smallest absolute Gasteiger partial charge is 0.141 e. The van der Waals surface area contributed by atoms with Crippen LogP contribution in [0.4, 0.5) is 5.69 Å². The topological polar surface area (TPSA) is 104 Å². The molecule has 1 rings (SSSR count). The predicted molar refractivity (Wildman–Crippen MR) is 76.6 cm³/mol. The summed E-state index contributed by atoms with van der Waals surface area (Å²) in [6.45, 7) is 0. The van der Waals surface area contributed by atoms with E-state index in [1.54, 1.807) is 20.3 Å². The van der Waals surface area contributed by atoms with E-state index >= 15 is 0 Å². The molecular weight excluding hydrogens is 250 g/mol. The Morgan fingerprint density at radius 1 is 1.39 bits per heavy atom. The van der Waals surface area contributed by atoms with E-state index in [0.29, 0.717) is 17.2 Å². The Morgan fingerprint density at radius 2 is 2.11 bits per heavy atom. The summed E-state index contributed by atoms with van der Waals surface area (Å²) in [5.74, 6) is 6.28. The second kappa shape index (κ2) is 6.94. The van der Waals surface area contributed by atoms with E-state index in [-0.39, 0.29) is 0 Å². The van der Waals surface area contributed by atoms with Crippen molar-refractivity contribution in [2.45, 2.75) is 0 Å². The second-order valence-electron chi connectivity index (χ2n) is 3.46. The van der Waals surface area contributed by atoms with E-state index in [9.17, 15) is 0 Å². The van der Waals surface area contributed by atoms with E-state index in [4.69, 9.17) is 11.6 Å². The van der Waals surface area contributed by atoms with Crippen LogP contribution < -0.4 is 26.3 Å². The third-order valence-corrected chi connectivity index (χ3v) is 2.70. The normalized spacial score (nSPS) is 11.8. The maximum absolute atomic E-state index is 6.00. The molecule has 0 unspecified atom stereocenters. The largest absolute Gasteiger partial charge is 0.394 e. The van der Waals surface area contributed by atoms with Gasteiger partial charge in [-0.1, -0.05) is 0 Å². The van der Waals surface area contributed by atoms with Gasteiger partial charge in [-0.3, -0.25) is 9.99 Å². The molecule has 0 saturated carbocycles. The fourth-order valence-corrected chi connectivity index (χ4v) is 1.69. The summed E-state index contributed by atoms with van der Waals surface area (Å²) in [7, 11) is 5.29. The molecule has 18 heavy (non-hydrogen) atoms. The predicted octanol–water partition coefficient (Wildman–Crippen LogP) is -0.114. The maximum atomic E-state index is 6.00. The van der Waals surface area contributed by atoms with Crippen molar-refractivity contribution < 1.29 is 0 Å². The highest BCUT2D eigenvalue weighted by Crippen LogP contribution is 2.14. The average molecular weight is 269 g/mol. The highest BCUT2D eigenvalue weighted by Gasteiger charge is 2.08. The lowest BCUT2D eigenvalue weighted by molar-refractivity contribution is 0.413. The lowest BCUT2D eigenvalue weighted by atomic mass is 10.2. The van der Waals surface area contributed by atoms with Gasteiger partial charge in [0, 0.05) is 26.2 Å². The summed E-state index contributed by atoms with van der Waals surface area (Å²) in [5, 5.41) is 4.35. The standard InChI is InChI=1S/C10H19N7S/c1-13-10(17(3)12)9(11)8-5-4-7(6-15-8)16-18-14-2/h4-6,13-14,16H,11-12H2,1-3H3/b10-9-. The van der Waals surface area contributed by atoms with Crippen molar-refractivity contribution in [3.8, 4) is 0 Å². The summed E-state index contributed by atoms with van der Waals surface area (Å²) in [5.41, 5.74) is 8.04. The lowest BCUT2D eigenvalue weighted by Gasteiger charge is -2.18. The van der Waals surface area contributed by atoms with Crippen molar-refractivity contribution in [3.05, 3.63) is 29.8 Å². The van der Waals surface area contributed by atoms with Gasteiger partial charge in [0.05, 0.1) is 23.3 Å². The molecule has 0 bridgehead atoms. The van der Waals surface area contributed by atoms with Crippen molar-refractivity contribution in [3.63, 3.8) is 0 Å². The molecule has 0 saturated heterocycles. The quantitative estimate of drug-likeness (QED) is 0.277. The van der Waals surface area contributed by atoms with Gasteiger partial charge in [0.15, 0.2) is 0 Å². The number of hydrogen-bond acceptors (Lipinski definition) is 8. The molecule has 0 atom stereocenters. The average Bonchev–Trinajstić information content (AvgIpc) is 2.37. The molecule has 100 valence electrons. The molecule has 0 fully saturated rings. The first kappa shape index (κ1) is 14.4. The van der Waals surface area contributed by atoms with E-state index in [0.717, 1.165) is 5.69 Å². The summed E-state index contributed by atoms with van der Waals surface area (Å²) in [6.07, 6.45) is 1.70. The van der Waals surface area contributed by atoms with Gasteiger partial charge in [0.25, 0.3) is 0 Å². The number of aromatic nitrogens is 1. The Kier molecular flexibility index (Phi) is 5.56. The highest BCUT2D eigenvalue weighted by molar-refractivity contribution is 7.98. The molecule has 0 aliphatic carbocycles. The van der Waals surface area contributed by atoms with Crippen molar-refractivity contribution in [1.82, 2.24) is 20.0 Å². The highest BCUT2D eigenvalue weighted by atomic mass is 32.2. The Balaban J connectivity index is 2.90. The molecule has 1 aromatic rings.